The number of halogens is 3. The van der Waals surface area contributed by atoms with Crippen LogP contribution in [0.5, 0.6) is 0 Å². The predicted octanol–water partition coefficient (Wildman–Crippen LogP) is 7.94. The van der Waals surface area contributed by atoms with Gasteiger partial charge < -0.3 is 0 Å². The number of fused-ring (bicyclic) bond motifs is 3. The second-order valence-corrected chi connectivity index (χ2v) is 9.37. The van der Waals surface area contributed by atoms with E-state index in [1.807, 2.05) is 18.2 Å². The molecule has 1 nitrogen and oxygen atoms in total. The van der Waals surface area contributed by atoms with Crippen LogP contribution < -0.4 is 0 Å². The zero-order valence-corrected chi connectivity index (χ0v) is 18.3. The Morgan fingerprint density at radius 2 is 1.26 bits per heavy atom. The third kappa shape index (κ3) is 2.84. The first-order valence-electron chi connectivity index (χ1n) is 11.6. The van der Waals surface area contributed by atoms with Crippen LogP contribution in [0.25, 0.3) is 43.9 Å². The Balaban J connectivity index is 1.46. The second-order valence-electron chi connectivity index (χ2n) is 9.37. The Kier molecular flexibility index (Phi) is 4.03. The Morgan fingerprint density at radius 3 is 1.97 bits per heavy atom. The van der Waals surface area contributed by atoms with Crippen LogP contribution in [-0.4, -0.2) is 4.98 Å². The van der Waals surface area contributed by atoms with Gasteiger partial charge in [-0.15, -0.1) is 0 Å². The highest BCUT2D eigenvalue weighted by atomic mass is 19.4. The van der Waals surface area contributed by atoms with Gasteiger partial charge in [-0.1, -0.05) is 36.4 Å². The summed E-state index contributed by atoms with van der Waals surface area (Å²) in [6, 6.07) is 20.8. The molecule has 2 aliphatic carbocycles. The number of nitrogens with zero attached hydrogens (tertiary/aromatic N) is 1. The van der Waals surface area contributed by atoms with Crippen LogP contribution in [0.15, 0.2) is 72.9 Å². The van der Waals surface area contributed by atoms with Crippen molar-refractivity contribution in [3.05, 3.63) is 101 Å². The Hall–Kier alpha value is -3.66. The summed E-state index contributed by atoms with van der Waals surface area (Å²) in [7, 11) is 0. The fourth-order valence-electron chi connectivity index (χ4n) is 5.94. The van der Waals surface area contributed by atoms with Crippen molar-refractivity contribution >= 4 is 21.5 Å². The number of hydrogen-bond donors (Lipinski definition) is 0. The monoisotopic (exact) mass is 451 g/mol. The van der Waals surface area contributed by atoms with E-state index in [0.717, 1.165) is 59.2 Å². The van der Waals surface area contributed by atoms with E-state index in [-0.39, 0.29) is 0 Å². The maximum Gasteiger partial charge on any atom is 0.416 e. The highest BCUT2D eigenvalue weighted by Crippen LogP contribution is 2.45. The minimum absolute atomic E-state index is 0.605. The molecule has 0 radical (unpaired) electrons. The fraction of sp³-hybridized carbons (Fsp3) is 0.167. The molecule has 0 spiro atoms. The summed E-state index contributed by atoms with van der Waals surface area (Å²) < 4.78 is 40.2. The van der Waals surface area contributed by atoms with E-state index in [9.17, 15) is 13.2 Å². The number of hydrogen-bond acceptors (Lipinski definition) is 1. The van der Waals surface area contributed by atoms with Gasteiger partial charge in [0, 0.05) is 17.1 Å². The van der Waals surface area contributed by atoms with Crippen molar-refractivity contribution in [1.29, 1.82) is 0 Å². The molecule has 0 fully saturated rings. The molecular formula is C30H20F3N. The zero-order valence-electron chi connectivity index (χ0n) is 18.3. The summed E-state index contributed by atoms with van der Waals surface area (Å²) in [6.45, 7) is 0. The second kappa shape index (κ2) is 6.92. The molecule has 0 atom stereocenters. The van der Waals surface area contributed by atoms with E-state index in [4.69, 9.17) is 4.98 Å². The molecule has 0 amide bonds. The largest absolute Gasteiger partial charge is 0.416 e. The van der Waals surface area contributed by atoms with Gasteiger partial charge in [-0.25, -0.2) is 0 Å². The van der Waals surface area contributed by atoms with Crippen molar-refractivity contribution in [1.82, 2.24) is 4.98 Å². The zero-order chi connectivity index (χ0) is 23.0. The molecule has 2 aliphatic rings. The van der Waals surface area contributed by atoms with E-state index in [2.05, 4.69) is 30.3 Å². The molecular weight excluding hydrogens is 431 g/mol. The van der Waals surface area contributed by atoms with Crippen LogP contribution >= 0.6 is 0 Å². The average molecular weight is 451 g/mol. The average Bonchev–Trinajstić information content (AvgIpc) is 2.85. The van der Waals surface area contributed by atoms with E-state index < -0.39 is 11.7 Å². The number of aryl methyl sites for hydroxylation is 4. The van der Waals surface area contributed by atoms with Crippen LogP contribution in [-0.2, 0) is 31.9 Å². The molecule has 0 saturated carbocycles. The third-order valence-electron chi connectivity index (χ3n) is 7.48. The molecule has 4 aromatic carbocycles. The van der Waals surface area contributed by atoms with Gasteiger partial charge in [-0.3, -0.25) is 4.98 Å². The van der Waals surface area contributed by atoms with Gasteiger partial charge in [0.25, 0.3) is 0 Å². The van der Waals surface area contributed by atoms with Crippen molar-refractivity contribution in [3.63, 3.8) is 0 Å². The molecule has 0 saturated heterocycles. The third-order valence-corrected chi connectivity index (χ3v) is 7.48. The van der Waals surface area contributed by atoms with Crippen LogP contribution in [0.4, 0.5) is 13.2 Å². The van der Waals surface area contributed by atoms with E-state index in [0.29, 0.717) is 5.39 Å². The molecule has 5 aromatic rings. The van der Waals surface area contributed by atoms with Crippen molar-refractivity contribution in [2.75, 3.05) is 0 Å². The predicted molar refractivity (Wildman–Crippen MR) is 130 cm³/mol. The van der Waals surface area contributed by atoms with Gasteiger partial charge in [0.1, 0.15) is 0 Å². The lowest BCUT2D eigenvalue weighted by Gasteiger charge is -2.30. The first-order valence-corrected chi connectivity index (χ1v) is 11.6. The fourth-order valence-corrected chi connectivity index (χ4v) is 5.94. The molecule has 166 valence electrons. The maximum atomic E-state index is 13.4. The minimum Gasteiger partial charge on any atom is -0.256 e. The van der Waals surface area contributed by atoms with Gasteiger partial charge >= 0.3 is 6.18 Å². The molecule has 0 unspecified atom stereocenters. The highest BCUT2D eigenvalue weighted by Gasteiger charge is 2.31. The van der Waals surface area contributed by atoms with Crippen LogP contribution in [0, 0.1) is 0 Å². The minimum atomic E-state index is -4.37. The quantitative estimate of drug-likeness (QED) is 0.236. The number of benzene rings is 4. The van der Waals surface area contributed by atoms with Crippen LogP contribution in [0.2, 0.25) is 0 Å². The first kappa shape index (κ1) is 19.8. The summed E-state index contributed by atoms with van der Waals surface area (Å²) in [5.74, 6) is 0. The van der Waals surface area contributed by atoms with Gasteiger partial charge in [0.15, 0.2) is 0 Å². The van der Waals surface area contributed by atoms with Crippen LogP contribution in [0.1, 0.15) is 27.8 Å². The van der Waals surface area contributed by atoms with Crippen LogP contribution in [0.3, 0.4) is 0 Å². The van der Waals surface area contributed by atoms with Crippen molar-refractivity contribution in [2.24, 2.45) is 0 Å². The topological polar surface area (TPSA) is 12.9 Å². The maximum absolute atomic E-state index is 13.4. The lowest BCUT2D eigenvalue weighted by Crippen LogP contribution is -2.14. The summed E-state index contributed by atoms with van der Waals surface area (Å²) in [5, 5.41) is 3.08. The standard InChI is InChI=1S/C30H20F3N/c31-30(32,33)23-10-8-17-9-11-25-24(26(17)16-23)12-13-34-29(25)22-14-20-6-4-18-2-1-3-19-5-7-21(15-22)28(20)27(18)19/h1-3,8-16H,4-7H2. The van der Waals surface area contributed by atoms with Crippen molar-refractivity contribution < 1.29 is 13.2 Å². The van der Waals surface area contributed by atoms with E-state index >= 15 is 0 Å². The smallest absolute Gasteiger partial charge is 0.256 e. The van der Waals surface area contributed by atoms with E-state index in [1.165, 1.54) is 39.4 Å². The Bertz CT molecular complexity index is 1600. The number of alkyl halides is 3. The molecule has 1 heterocycles. The summed E-state index contributed by atoms with van der Waals surface area (Å²) >= 11 is 0. The summed E-state index contributed by atoms with van der Waals surface area (Å²) in [4.78, 5) is 4.72. The van der Waals surface area contributed by atoms with Crippen molar-refractivity contribution in [2.45, 2.75) is 31.9 Å². The van der Waals surface area contributed by atoms with E-state index in [1.54, 1.807) is 12.3 Å². The number of pyridine rings is 1. The number of rotatable bonds is 1. The number of aromatic nitrogens is 1. The molecule has 4 heteroatoms. The van der Waals surface area contributed by atoms with Gasteiger partial charge in [0.05, 0.1) is 11.3 Å². The molecule has 0 N–H and O–H groups in total. The SMILES string of the molecule is FC(F)(F)c1ccc2ccc3c(-c4cc5c6c(c4)CCc4cccc(c4-6)CC5)nccc3c2c1. The summed E-state index contributed by atoms with van der Waals surface area (Å²) in [5.41, 5.74) is 9.66. The molecule has 1 aromatic heterocycles. The summed E-state index contributed by atoms with van der Waals surface area (Å²) in [6.07, 6.45) is 1.41. The van der Waals surface area contributed by atoms with Crippen molar-refractivity contribution in [3.8, 4) is 22.4 Å². The Morgan fingerprint density at radius 1 is 0.618 bits per heavy atom. The van der Waals surface area contributed by atoms with Gasteiger partial charge in [-0.05, 0) is 106 Å². The lowest BCUT2D eigenvalue weighted by molar-refractivity contribution is -0.137. The van der Waals surface area contributed by atoms with Gasteiger partial charge in [0.2, 0.25) is 0 Å². The molecule has 34 heavy (non-hydrogen) atoms. The Labute approximate surface area is 194 Å². The highest BCUT2D eigenvalue weighted by molar-refractivity contribution is 6.11. The normalized spacial score (nSPS) is 14.4. The molecule has 0 bridgehead atoms. The lowest BCUT2D eigenvalue weighted by atomic mass is 9.74. The van der Waals surface area contributed by atoms with Gasteiger partial charge in [-0.2, -0.15) is 13.2 Å². The first-order chi connectivity index (χ1) is 16.5. The molecule has 0 aliphatic heterocycles. The molecule has 7 rings (SSSR count).